The molecule has 0 bridgehead atoms. The largest absolute Gasteiger partial charge is 0.435 e. The molecule has 1 aromatic rings. The number of alkyl halides is 2. The maximum Gasteiger partial charge on any atom is 0.387 e. The number of rotatable bonds is 5. The van der Waals surface area contributed by atoms with E-state index in [0.29, 0.717) is 5.56 Å². The molecule has 1 aliphatic heterocycles. The summed E-state index contributed by atoms with van der Waals surface area (Å²) in [5.74, 6) is -0.373. The first kappa shape index (κ1) is 15.5. The fourth-order valence-electron chi connectivity index (χ4n) is 1.72. The highest BCUT2D eigenvalue weighted by Crippen LogP contribution is 2.32. The number of carbonyl (C=O) groups excluding carboxylic acids is 2. The Balaban J connectivity index is 2.13. The predicted molar refractivity (Wildman–Crippen MR) is 74.8 cm³/mol. The van der Waals surface area contributed by atoms with Crippen LogP contribution in [-0.2, 0) is 4.79 Å². The molecule has 1 heterocycles. The van der Waals surface area contributed by atoms with E-state index in [4.69, 9.17) is 5.73 Å². The van der Waals surface area contributed by atoms with Gasteiger partial charge in [0.05, 0.1) is 4.91 Å². The molecule has 2 N–H and O–H groups in total. The molecule has 0 aromatic heterocycles. The highest BCUT2D eigenvalue weighted by atomic mass is 32.2. The molecule has 5 nitrogen and oxygen atoms in total. The van der Waals surface area contributed by atoms with E-state index in [-0.39, 0.29) is 29.0 Å². The van der Waals surface area contributed by atoms with Crippen molar-refractivity contribution in [3.8, 4) is 5.75 Å². The third-order valence-electron chi connectivity index (χ3n) is 2.63. The van der Waals surface area contributed by atoms with Crippen molar-refractivity contribution in [1.82, 2.24) is 4.90 Å². The van der Waals surface area contributed by atoms with Gasteiger partial charge in [0.25, 0.3) is 11.1 Å². The Hall–Kier alpha value is -1.93. The molecule has 0 aliphatic carbocycles. The van der Waals surface area contributed by atoms with Gasteiger partial charge in [-0.05, 0) is 35.5 Å². The number of hydrogen-bond acceptors (Lipinski definition) is 5. The Kier molecular flexibility index (Phi) is 4.92. The van der Waals surface area contributed by atoms with Gasteiger partial charge >= 0.3 is 6.61 Å². The SMILES string of the molecule is NCCN1C(=O)S/C(=C\c2ccc(OC(F)F)cc2)C1=O. The van der Waals surface area contributed by atoms with Gasteiger partial charge in [-0.3, -0.25) is 14.5 Å². The maximum atomic E-state index is 12.0. The third kappa shape index (κ3) is 3.79. The fourth-order valence-corrected chi connectivity index (χ4v) is 2.58. The van der Waals surface area contributed by atoms with Gasteiger partial charge in [-0.25, -0.2) is 0 Å². The van der Waals surface area contributed by atoms with Gasteiger partial charge in [0.2, 0.25) is 0 Å². The Labute approximate surface area is 123 Å². The number of ether oxygens (including phenoxy) is 1. The summed E-state index contributed by atoms with van der Waals surface area (Å²) in [4.78, 5) is 24.9. The number of carbonyl (C=O) groups is 2. The topological polar surface area (TPSA) is 72.6 Å². The minimum atomic E-state index is -2.89. The monoisotopic (exact) mass is 314 g/mol. The zero-order chi connectivity index (χ0) is 15.4. The number of thioether (sulfide) groups is 1. The van der Waals surface area contributed by atoms with Gasteiger partial charge in [0.1, 0.15) is 5.75 Å². The number of nitrogens with two attached hydrogens (primary N) is 1. The smallest absolute Gasteiger partial charge is 0.387 e. The second kappa shape index (κ2) is 6.68. The maximum absolute atomic E-state index is 12.0. The molecular formula is C13H12F2N2O3S. The zero-order valence-electron chi connectivity index (χ0n) is 10.8. The first-order valence-electron chi connectivity index (χ1n) is 6.01. The molecule has 1 fully saturated rings. The lowest BCUT2D eigenvalue weighted by atomic mass is 10.2. The predicted octanol–water partition coefficient (Wildman–Crippen LogP) is 2.28. The Morgan fingerprint density at radius 3 is 2.52 bits per heavy atom. The molecule has 1 saturated heterocycles. The van der Waals surface area contributed by atoms with E-state index in [1.54, 1.807) is 0 Å². The van der Waals surface area contributed by atoms with Crippen molar-refractivity contribution in [2.45, 2.75) is 6.61 Å². The van der Waals surface area contributed by atoms with Crippen molar-refractivity contribution >= 4 is 29.0 Å². The molecule has 8 heteroatoms. The Morgan fingerprint density at radius 2 is 1.95 bits per heavy atom. The molecule has 1 aromatic carbocycles. The molecule has 0 radical (unpaired) electrons. The molecular weight excluding hydrogens is 302 g/mol. The van der Waals surface area contributed by atoms with E-state index < -0.39 is 12.5 Å². The number of hydrogen-bond donors (Lipinski definition) is 1. The van der Waals surface area contributed by atoms with Gasteiger partial charge in [0, 0.05) is 13.1 Å². The second-order valence-corrected chi connectivity index (χ2v) is 5.06. The van der Waals surface area contributed by atoms with Crippen LogP contribution in [0.5, 0.6) is 5.75 Å². The highest BCUT2D eigenvalue weighted by molar-refractivity contribution is 8.18. The van der Waals surface area contributed by atoms with Gasteiger partial charge in [-0.1, -0.05) is 12.1 Å². The number of imide groups is 1. The molecule has 0 unspecified atom stereocenters. The van der Waals surface area contributed by atoms with Crippen molar-refractivity contribution < 1.29 is 23.1 Å². The molecule has 21 heavy (non-hydrogen) atoms. The van der Waals surface area contributed by atoms with Crippen LogP contribution in [0.25, 0.3) is 6.08 Å². The second-order valence-electron chi connectivity index (χ2n) is 4.07. The minimum Gasteiger partial charge on any atom is -0.435 e. The summed E-state index contributed by atoms with van der Waals surface area (Å²) < 4.78 is 28.3. The normalized spacial score (nSPS) is 17.1. The van der Waals surface area contributed by atoms with Crippen LogP contribution in [0.4, 0.5) is 13.6 Å². The van der Waals surface area contributed by atoms with E-state index in [2.05, 4.69) is 4.74 Å². The van der Waals surface area contributed by atoms with Crippen LogP contribution < -0.4 is 10.5 Å². The van der Waals surface area contributed by atoms with Crippen LogP contribution in [0.15, 0.2) is 29.2 Å². The van der Waals surface area contributed by atoms with E-state index in [1.165, 1.54) is 30.3 Å². The molecule has 2 amide bonds. The lowest BCUT2D eigenvalue weighted by Crippen LogP contribution is -2.33. The van der Waals surface area contributed by atoms with Gasteiger partial charge in [-0.15, -0.1) is 0 Å². The fraction of sp³-hybridized carbons (Fsp3) is 0.231. The van der Waals surface area contributed by atoms with Crippen molar-refractivity contribution in [3.63, 3.8) is 0 Å². The van der Waals surface area contributed by atoms with Crippen LogP contribution in [0, 0.1) is 0 Å². The summed E-state index contributed by atoms with van der Waals surface area (Å²) in [5, 5.41) is -0.366. The summed E-state index contributed by atoms with van der Waals surface area (Å²) in [6, 6.07) is 5.77. The van der Waals surface area contributed by atoms with Gasteiger partial charge in [-0.2, -0.15) is 8.78 Å². The summed E-state index contributed by atoms with van der Waals surface area (Å²) >= 11 is 0.823. The number of benzene rings is 1. The summed E-state index contributed by atoms with van der Waals surface area (Å²) in [6.45, 7) is -2.52. The molecule has 112 valence electrons. The van der Waals surface area contributed by atoms with Crippen molar-refractivity contribution in [2.24, 2.45) is 5.73 Å². The molecule has 0 spiro atoms. The van der Waals surface area contributed by atoms with Crippen LogP contribution in [0.1, 0.15) is 5.56 Å². The van der Waals surface area contributed by atoms with E-state index in [0.717, 1.165) is 16.7 Å². The van der Waals surface area contributed by atoms with E-state index in [1.807, 2.05) is 0 Å². The number of amides is 2. The molecule has 0 atom stereocenters. The quantitative estimate of drug-likeness (QED) is 0.844. The van der Waals surface area contributed by atoms with Gasteiger partial charge in [0.15, 0.2) is 0 Å². The zero-order valence-corrected chi connectivity index (χ0v) is 11.6. The number of halogens is 2. The Morgan fingerprint density at radius 1 is 1.29 bits per heavy atom. The average molecular weight is 314 g/mol. The van der Waals surface area contributed by atoms with Crippen LogP contribution in [0.3, 0.4) is 0 Å². The highest BCUT2D eigenvalue weighted by Gasteiger charge is 2.34. The van der Waals surface area contributed by atoms with Crippen LogP contribution >= 0.6 is 11.8 Å². The lowest BCUT2D eigenvalue weighted by molar-refractivity contribution is -0.122. The van der Waals surface area contributed by atoms with Gasteiger partial charge < -0.3 is 10.5 Å². The van der Waals surface area contributed by atoms with Crippen molar-refractivity contribution in [3.05, 3.63) is 34.7 Å². The Bertz CT molecular complexity index is 575. The average Bonchev–Trinajstić information content (AvgIpc) is 2.69. The van der Waals surface area contributed by atoms with E-state index in [9.17, 15) is 18.4 Å². The molecule has 2 rings (SSSR count). The van der Waals surface area contributed by atoms with E-state index >= 15 is 0 Å². The molecule has 1 aliphatic rings. The van der Waals surface area contributed by atoms with Crippen LogP contribution in [-0.4, -0.2) is 35.7 Å². The first-order chi connectivity index (χ1) is 10.0. The lowest BCUT2D eigenvalue weighted by Gasteiger charge is -2.09. The standard InChI is InChI=1S/C13H12F2N2O3S/c14-12(15)20-9-3-1-8(2-4-9)7-10-11(18)17(6-5-16)13(19)21-10/h1-4,7,12H,5-6,16H2/b10-7-. The third-order valence-corrected chi connectivity index (χ3v) is 3.54. The summed E-state index contributed by atoms with van der Waals surface area (Å²) in [7, 11) is 0. The first-order valence-corrected chi connectivity index (χ1v) is 6.83. The minimum absolute atomic E-state index is 0.0263. The summed E-state index contributed by atoms with van der Waals surface area (Å²) in [6.07, 6.45) is 1.52. The molecule has 0 saturated carbocycles. The number of nitrogens with zero attached hydrogens (tertiary/aromatic N) is 1. The van der Waals surface area contributed by atoms with Crippen molar-refractivity contribution in [2.75, 3.05) is 13.1 Å². The van der Waals surface area contributed by atoms with Crippen molar-refractivity contribution in [1.29, 1.82) is 0 Å². The summed E-state index contributed by atoms with van der Waals surface area (Å²) in [5.41, 5.74) is 5.94. The van der Waals surface area contributed by atoms with Crippen LogP contribution in [0.2, 0.25) is 0 Å².